The van der Waals surface area contributed by atoms with E-state index in [0.717, 1.165) is 24.6 Å². The number of benzene rings is 2. The standard InChI is InChI=1S/C17H15F2NOS/c18-12-7-5-11(6-8-12)16(17(21)20-13-9-10-13)22-15-4-2-1-3-14(15)19/h1-8,13,16H,9-10H2,(H,20,21). The fraction of sp³-hybridized carbons (Fsp3) is 0.235. The average Bonchev–Trinajstić information content (AvgIpc) is 3.31. The maximum absolute atomic E-state index is 13.9. The number of amides is 1. The molecule has 0 bridgehead atoms. The van der Waals surface area contributed by atoms with Crippen molar-refractivity contribution in [2.75, 3.05) is 0 Å². The van der Waals surface area contributed by atoms with Crippen LogP contribution in [0.25, 0.3) is 0 Å². The lowest BCUT2D eigenvalue weighted by atomic mass is 10.1. The summed E-state index contributed by atoms with van der Waals surface area (Å²) in [6.07, 6.45) is 1.96. The van der Waals surface area contributed by atoms with Crippen molar-refractivity contribution in [3.8, 4) is 0 Å². The van der Waals surface area contributed by atoms with Gasteiger partial charge >= 0.3 is 0 Å². The molecule has 1 atom stereocenters. The Kier molecular flexibility index (Phi) is 4.43. The van der Waals surface area contributed by atoms with Crippen LogP contribution in [0, 0.1) is 11.6 Å². The smallest absolute Gasteiger partial charge is 0.238 e. The molecule has 1 aliphatic rings. The Hall–Kier alpha value is -1.88. The highest BCUT2D eigenvalue weighted by Gasteiger charge is 2.29. The molecule has 0 aliphatic heterocycles. The number of hydrogen-bond donors (Lipinski definition) is 1. The van der Waals surface area contributed by atoms with E-state index in [2.05, 4.69) is 5.32 Å². The molecule has 0 saturated heterocycles. The Balaban J connectivity index is 1.86. The topological polar surface area (TPSA) is 29.1 Å². The highest BCUT2D eigenvalue weighted by Crippen LogP contribution is 2.37. The molecule has 0 aromatic heterocycles. The molecule has 22 heavy (non-hydrogen) atoms. The number of halogens is 2. The second-order valence-corrected chi connectivity index (χ2v) is 6.41. The third-order valence-electron chi connectivity index (χ3n) is 3.42. The fourth-order valence-electron chi connectivity index (χ4n) is 2.08. The van der Waals surface area contributed by atoms with Gasteiger partial charge in [-0.05, 0) is 42.7 Å². The molecule has 2 aromatic rings. The number of rotatable bonds is 5. The van der Waals surface area contributed by atoms with Gasteiger partial charge in [-0.1, -0.05) is 24.3 Å². The Morgan fingerprint density at radius 3 is 2.41 bits per heavy atom. The first-order valence-corrected chi connectivity index (χ1v) is 7.98. The van der Waals surface area contributed by atoms with E-state index in [4.69, 9.17) is 0 Å². The molecule has 1 saturated carbocycles. The van der Waals surface area contributed by atoms with Crippen molar-refractivity contribution in [2.24, 2.45) is 0 Å². The zero-order valence-corrected chi connectivity index (χ0v) is 12.6. The molecule has 1 unspecified atom stereocenters. The molecule has 0 spiro atoms. The summed E-state index contributed by atoms with van der Waals surface area (Å²) >= 11 is 1.14. The quantitative estimate of drug-likeness (QED) is 0.842. The Bertz CT molecular complexity index is 671. The van der Waals surface area contributed by atoms with E-state index in [1.807, 2.05) is 0 Å². The molecule has 5 heteroatoms. The lowest BCUT2D eigenvalue weighted by Gasteiger charge is -2.17. The highest BCUT2D eigenvalue weighted by molar-refractivity contribution is 8.00. The average molecular weight is 319 g/mol. The van der Waals surface area contributed by atoms with Crippen molar-refractivity contribution < 1.29 is 13.6 Å². The number of carbonyl (C=O) groups excluding carboxylic acids is 1. The summed E-state index contributed by atoms with van der Waals surface area (Å²) in [5.74, 6) is -0.887. The zero-order chi connectivity index (χ0) is 15.5. The van der Waals surface area contributed by atoms with E-state index < -0.39 is 5.25 Å². The molecule has 2 aromatic carbocycles. The van der Waals surface area contributed by atoms with Crippen LogP contribution < -0.4 is 5.32 Å². The third-order valence-corrected chi connectivity index (χ3v) is 4.72. The van der Waals surface area contributed by atoms with E-state index in [0.29, 0.717) is 10.5 Å². The van der Waals surface area contributed by atoms with Crippen LogP contribution in [-0.2, 0) is 4.79 Å². The van der Waals surface area contributed by atoms with Gasteiger partial charge in [0.1, 0.15) is 16.9 Å². The fourth-order valence-corrected chi connectivity index (χ4v) is 3.14. The van der Waals surface area contributed by atoms with E-state index in [9.17, 15) is 13.6 Å². The predicted octanol–water partition coefficient (Wildman–Crippen LogP) is 4.08. The summed E-state index contributed by atoms with van der Waals surface area (Å²) in [5, 5.41) is 2.33. The molecule has 1 N–H and O–H groups in total. The molecule has 3 rings (SSSR count). The van der Waals surface area contributed by atoms with Crippen LogP contribution >= 0.6 is 11.8 Å². The SMILES string of the molecule is O=C(NC1CC1)C(Sc1ccccc1F)c1ccc(F)cc1. The maximum atomic E-state index is 13.9. The van der Waals surface area contributed by atoms with Crippen molar-refractivity contribution >= 4 is 17.7 Å². The van der Waals surface area contributed by atoms with Crippen molar-refractivity contribution in [3.05, 3.63) is 65.7 Å². The summed E-state index contributed by atoms with van der Waals surface area (Å²) in [6.45, 7) is 0. The molecule has 1 amide bonds. The maximum Gasteiger partial charge on any atom is 0.238 e. The minimum absolute atomic E-state index is 0.164. The lowest BCUT2D eigenvalue weighted by Crippen LogP contribution is -2.29. The molecule has 1 aliphatic carbocycles. The third kappa shape index (κ3) is 3.65. The second kappa shape index (κ2) is 6.48. The summed E-state index contributed by atoms with van der Waals surface area (Å²) in [7, 11) is 0. The van der Waals surface area contributed by atoms with Crippen LogP contribution in [-0.4, -0.2) is 11.9 Å². The molecule has 0 heterocycles. The second-order valence-electron chi connectivity index (χ2n) is 5.26. The molecule has 114 valence electrons. The summed E-state index contributed by atoms with van der Waals surface area (Å²) in [6, 6.07) is 12.3. The predicted molar refractivity (Wildman–Crippen MR) is 82.6 cm³/mol. The van der Waals surface area contributed by atoms with E-state index >= 15 is 0 Å². The largest absolute Gasteiger partial charge is 0.352 e. The first-order valence-electron chi connectivity index (χ1n) is 7.10. The first kappa shape index (κ1) is 15.0. The van der Waals surface area contributed by atoms with Crippen LogP contribution in [0.1, 0.15) is 23.7 Å². The van der Waals surface area contributed by atoms with E-state index in [-0.39, 0.29) is 23.6 Å². The van der Waals surface area contributed by atoms with E-state index in [1.165, 1.54) is 18.2 Å². The summed E-state index contributed by atoms with van der Waals surface area (Å²) < 4.78 is 27.0. The van der Waals surface area contributed by atoms with Crippen molar-refractivity contribution in [1.82, 2.24) is 5.32 Å². The monoisotopic (exact) mass is 319 g/mol. The first-order chi connectivity index (χ1) is 10.6. The lowest BCUT2D eigenvalue weighted by molar-refractivity contribution is -0.120. The van der Waals surface area contributed by atoms with Gasteiger partial charge < -0.3 is 5.32 Å². The van der Waals surface area contributed by atoms with Gasteiger partial charge in [-0.3, -0.25) is 4.79 Å². The van der Waals surface area contributed by atoms with Crippen LogP contribution in [0.2, 0.25) is 0 Å². The van der Waals surface area contributed by atoms with Gasteiger partial charge in [-0.2, -0.15) is 0 Å². The zero-order valence-electron chi connectivity index (χ0n) is 11.8. The minimum Gasteiger partial charge on any atom is -0.352 e. The molecule has 2 nitrogen and oxygen atoms in total. The van der Waals surface area contributed by atoms with Crippen LogP contribution in [0.4, 0.5) is 8.78 Å². The van der Waals surface area contributed by atoms with E-state index in [1.54, 1.807) is 30.3 Å². The van der Waals surface area contributed by atoms with Gasteiger partial charge in [-0.15, -0.1) is 11.8 Å². The van der Waals surface area contributed by atoms with Gasteiger partial charge in [0.05, 0.1) is 0 Å². The van der Waals surface area contributed by atoms with Gasteiger partial charge in [-0.25, -0.2) is 8.78 Å². The van der Waals surface area contributed by atoms with Crippen molar-refractivity contribution in [3.63, 3.8) is 0 Å². The normalized spacial score (nSPS) is 15.4. The van der Waals surface area contributed by atoms with Gasteiger partial charge in [0.2, 0.25) is 5.91 Å². The van der Waals surface area contributed by atoms with Crippen LogP contribution in [0.5, 0.6) is 0 Å². The van der Waals surface area contributed by atoms with Gasteiger partial charge in [0.15, 0.2) is 0 Å². The van der Waals surface area contributed by atoms with Crippen LogP contribution in [0.15, 0.2) is 53.4 Å². The number of hydrogen-bond acceptors (Lipinski definition) is 2. The Morgan fingerprint density at radius 2 is 1.77 bits per heavy atom. The number of carbonyl (C=O) groups is 1. The molecular weight excluding hydrogens is 304 g/mol. The summed E-state index contributed by atoms with van der Waals surface area (Å²) in [4.78, 5) is 12.9. The molecule has 1 fully saturated rings. The van der Waals surface area contributed by atoms with Gasteiger partial charge in [0, 0.05) is 10.9 Å². The number of nitrogens with one attached hydrogen (secondary N) is 1. The minimum atomic E-state index is -0.599. The highest BCUT2D eigenvalue weighted by atomic mass is 32.2. The van der Waals surface area contributed by atoms with Crippen molar-refractivity contribution in [1.29, 1.82) is 0 Å². The molecule has 0 radical (unpaired) electrons. The van der Waals surface area contributed by atoms with Crippen LogP contribution in [0.3, 0.4) is 0 Å². The van der Waals surface area contributed by atoms with Crippen molar-refractivity contribution in [2.45, 2.75) is 29.0 Å². The number of thioether (sulfide) groups is 1. The molecular formula is C17H15F2NOS. The van der Waals surface area contributed by atoms with Gasteiger partial charge in [0.25, 0.3) is 0 Å². The summed E-state index contributed by atoms with van der Waals surface area (Å²) in [5.41, 5.74) is 0.660. The Morgan fingerprint density at radius 1 is 1.09 bits per heavy atom. The Labute approximate surface area is 131 Å².